The van der Waals surface area contributed by atoms with E-state index in [1.54, 1.807) is 23.1 Å². The number of carbonyl (C=O) groups is 1. The van der Waals surface area contributed by atoms with E-state index in [1.807, 2.05) is 32.2 Å². The van der Waals surface area contributed by atoms with Crippen molar-refractivity contribution >= 4 is 34.2 Å². The molecule has 1 atom stereocenters. The summed E-state index contributed by atoms with van der Waals surface area (Å²) in [5.74, 6) is 0.365. The van der Waals surface area contributed by atoms with Crippen molar-refractivity contribution in [3.05, 3.63) is 22.4 Å². The summed E-state index contributed by atoms with van der Waals surface area (Å²) in [4.78, 5) is 17.6. The molecule has 0 radical (unpaired) electrons. The first-order valence-electron chi connectivity index (χ1n) is 6.59. The van der Waals surface area contributed by atoms with Crippen LogP contribution in [0.1, 0.15) is 39.5 Å². The van der Waals surface area contributed by atoms with Gasteiger partial charge in [0.25, 0.3) is 0 Å². The molecule has 3 nitrogen and oxygen atoms in total. The highest BCUT2D eigenvalue weighted by Crippen LogP contribution is 2.38. The Morgan fingerprint density at radius 3 is 2.58 bits per heavy atom. The van der Waals surface area contributed by atoms with Crippen LogP contribution in [0.4, 0.5) is 0 Å². The first kappa shape index (κ1) is 16.2. The van der Waals surface area contributed by atoms with Crippen molar-refractivity contribution in [3.8, 4) is 0 Å². The van der Waals surface area contributed by atoms with Crippen molar-refractivity contribution in [2.24, 2.45) is 10.9 Å². The molecule has 2 rings (SSSR count). The topological polar surface area (TPSA) is 41.5 Å². The second kappa shape index (κ2) is 7.10. The molecule has 106 valence electrons. The molecule has 0 bridgehead atoms. The van der Waals surface area contributed by atoms with E-state index in [1.165, 1.54) is 4.88 Å². The van der Waals surface area contributed by atoms with Gasteiger partial charge >= 0.3 is 0 Å². The van der Waals surface area contributed by atoms with Gasteiger partial charge in [0.2, 0.25) is 5.91 Å². The molecule has 1 aromatic heterocycles. The first-order valence-corrected chi connectivity index (χ1v) is 8.29. The predicted octanol–water partition coefficient (Wildman–Crippen LogP) is 3.91. The maximum atomic E-state index is 11.9. The normalized spacial score (nSPS) is 24.3. The van der Waals surface area contributed by atoms with E-state index in [2.05, 4.69) is 30.2 Å². The van der Waals surface area contributed by atoms with Crippen molar-refractivity contribution in [1.29, 1.82) is 0 Å². The van der Waals surface area contributed by atoms with Crippen LogP contribution in [0.3, 0.4) is 0 Å². The fourth-order valence-electron chi connectivity index (χ4n) is 1.50. The molecule has 1 aliphatic heterocycles. The molecule has 1 fully saturated rings. The number of hydrogen-bond donors (Lipinski definition) is 1. The molecule has 0 unspecified atom stereocenters. The number of nitrogens with zero attached hydrogens (tertiary/aromatic N) is 1. The van der Waals surface area contributed by atoms with Crippen LogP contribution < -0.4 is 5.32 Å². The van der Waals surface area contributed by atoms with Crippen molar-refractivity contribution in [1.82, 2.24) is 5.32 Å². The number of amidine groups is 1. The molecule has 0 spiro atoms. The molecule has 1 N–H and O–H groups in total. The maximum Gasteiger partial charge on any atom is 0.242 e. The fraction of sp³-hybridized carbons (Fsp3) is 0.571. The van der Waals surface area contributed by atoms with E-state index in [0.29, 0.717) is 12.5 Å². The fourth-order valence-corrected chi connectivity index (χ4v) is 3.18. The van der Waals surface area contributed by atoms with Gasteiger partial charge in [-0.3, -0.25) is 9.79 Å². The zero-order chi connectivity index (χ0) is 14.5. The third kappa shape index (κ3) is 3.83. The molecular formula is C14H22N2OS2. The molecule has 0 aliphatic carbocycles. The van der Waals surface area contributed by atoms with Gasteiger partial charge in [-0.25, -0.2) is 0 Å². The van der Waals surface area contributed by atoms with Crippen LogP contribution in [0.5, 0.6) is 0 Å². The summed E-state index contributed by atoms with van der Waals surface area (Å²) in [6.45, 7) is 10.8. The third-order valence-corrected chi connectivity index (χ3v) is 5.41. The van der Waals surface area contributed by atoms with Crippen LogP contribution in [-0.2, 0) is 11.3 Å². The van der Waals surface area contributed by atoms with E-state index in [-0.39, 0.29) is 10.7 Å². The molecule has 0 aromatic carbocycles. The van der Waals surface area contributed by atoms with Crippen LogP contribution in [0.15, 0.2) is 22.5 Å². The first-order chi connectivity index (χ1) is 9.02. The standard InChI is InChI=1S/C12H16N2OS2.C2H6/c1-8(2)12(3)10(15)14-11(17-12)13-7-9-5-4-6-16-9;1-2/h4-6,8H,7H2,1-3H3,(H,13,14,15);1-2H3/t12-;/m0./s1. The minimum Gasteiger partial charge on any atom is -0.304 e. The Morgan fingerprint density at radius 1 is 1.42 bits per heavy atom. The molecule has 1 amide bonds. The lowest BCUT2D eigenvalue weighted by Crippen LogP contribution is -2.38. The van der Waals surface area contributed by atoms with Crippen molar-refractivity contribution in [3.63, 3.8) is 0 Å². The smallest absolute Gasteiger partial charge is 0.242 e. The number of aliphatic imine (C=N–C) groups is 1. The minimum atomic E-state index is -0.381. The van der Waals surface area contributed by atoms with E-state index >= 15 is 0 Å². The highest BCUT2D eigenvalue weighted by molar-refractivity contribution is 8.16. The van der Waals surface area contributed by atoms with Crippen molar-refractivity contribution in [2.75, 3.05) is 0 Å². The minimum absolute atomic E-state index is 0.0717. The molecule has 1 aromatic rings. The molecular weight excluding hydrogens is 276 g/mol. The molecule has 2 heterocycles. The van der Waals surface area contributed by atoms with Gasteiger partial charge in [0.1, 0.15) is 4.75 Å². The summed E-state index contributed by atoms with van der Waals surface area (Å²) in [5, 5.41) is 5.65. The SMILES string of the molecule is CC.CC(C)[C@]1(C)SC(=NCc2cccs2)NC1=O. The Hall–Kier alpha value is -0.810. The number of nitrogens with one attached hydrogen (secondary N) is 1. The van der Waals surface area contributed by atoms with E-state index in [4.69, 9.17) is 0 Å². The monoisotopic (exact) mass is 298 g/mol. The van der Waals surface area contributed by atoms with Gasteiger partial charge in [-0.15, -0.1) is 11.3 Å². The lowest BCUT2D eigenvalue weighted by atomic mass is 9.96. The second-order valence-electron chi connectivity index (χ2n) is 4.52. The summed E-state index contributed by atoms with van der Waals surface area (Å²) >= 11 is 3.23. The average molecular weight is 298 g/mol. The van der Waals surface area contributed by atoms with Crippen LogP contribution in [0.25, 0.3) is 0 Å². The van der Waals surface area contributed by atoms with Gasteiger partial charge in [0.15, 0.2) is 5.17 Å². The lowest BCUT2D eigenvalue weighted by molar-refractivity contribution is -0.122. The Bertz CT molecular complexity index is 440. The number of amides is 1. The zero-order valence-electron chi connectivity index (χ0n) is 12.2. The summed E-state index contributed by atoms with van der Waals surface area (Å²) < 4.78 is -0.381. The van der Waals surface area contributed by atoms with Crippen LogP contribution in [0.2, 0.25) is 0 Å². The summed E-state index contributed by atoms with van der Waals surface area (Å²) in [6, 6.07) is 4.07. The number of thiophene rings is 1. The van der Waals surface area contributed by atoms with Crippen LogP contribution in [0, 0.1) is 5.92 Å². The summed E-state index contributed by atoms with van der Waals surface area (Å²) in [7, 11) is 0. The number of rotatable bonds is 3. The summed E-state index contributed by atoms with van der Waals surface area (Å²) in [6.07, 6.45) is 0. The molecule has 19 heavy (non-hydrogen) atoms. The number of carbonyl (C=O) groups excluding carboxylic acids is 1. The van der Waals surface area contributed by atoms with E-state index in [9.17, 15) is 4.79 Å². The van der Waals surface area contributed by atoms with Gasteiger partial charge in [-0.1, -0.05) is 45.5 Å². The Labute approximate surface area is 123 Å². The number of hydrogen-bond acceptors (Lipinski definition) is 4. The zero-order valence-corrected chi connectivity index (χ0v) is 13.8. The Kier molecular flexibility index (Phi) is 6.07. The van der Waals surface area contributed by atoms with Gasteiger partial charge < -0.3 is 5.32 Å². The van der Waals surface area contributed by atoms with Gasteiger partial charge in [0, 0.05) is 4.88 Å². The van der Waals surface area contributed by atoms with Crippen LogP contribution >= 0.6 is 23.1 Å². The quantitative estimate of drug-likeness (QED) is 0.919. The second-order valence-corrected chi connectivity index (χ2v) is 6.99. The maximum absolute atomic E-state index is 11.9. The van der Waals surface area contributed by atoms with Gasteiger partial charge in [-0.05, 0) is 24.3 Å². The predicted molar refractivity (Wildman–Crippen MR) is 85.8 cm³/mol. The Morgan fingerprint density at radius 2 is 2.11 bits per heavy atom. The molecule has 1 saturated heterocycles. The molecule has 0 saturated carbocycles. The molecule has 5 heteroatoms. The van der Waals surface area contributed by atoms with Crippen molar-refractivity contribution in [2.45, 2.75) is 45.9 Å². The van der Waals surface area contributed by atoms with E-state index < -0.39 is 0 Å². The largest absolute Gasteiger partial charge is 0.304 e. The lowest BCUT2D eigenvalue weighted by Gasteiger charge is -2.22. The van der Waals surface area contributed by atoms with Crippen LogP contribution in [-0.4, -0.2) is 15.8 Å². The highest BCUT2D eigenvalue weighted by atomic mass is 32.2. The van der Waals surface area contributed by atoms with Gasteiger partial charge in [-0.2, -0.15) is 0 Å². The van der Waals surface area contributed by atoms with Gasteiger partial charge in [0.05, 0.1) is 6.54 Å². The summed E-state index contributed by atoms with van der Waals surface area (Å²) in [5.41, 5.74) is 0. The number of thioether (sulfide) groups is 1. The highest BCUT2D eigenvalue weighted by Gasteiger charge is 2.44. The third-order valence-electron chi connectivity index (χ3n) is 3.04. The van der Waals surface area contributed by atoms with E-state index in [0.717, 1.165) is 5.17 Å². The van der Waals surface area contributed by atoms with Crippen molar-refractivity contribution < 1.29 is 4.79 Å². The average Bonchev–Trinajstić information content (AvgIpc) is 2.99. The molecule has 1 aliphatic rings. The Balaban J connectivity index is 0.000000861.